The molecule has 0 spiro atoms. The SMILES string of the molecule is CCc1ncc(CNC(=O)C2COc3ccccc3O2)o1. The van der Waals surface area contributed by atoms with Gasteiger partial charge in [-0.25, -0.2) is 4.98 Å². The van der Waals surface area contributed by atoms with E-state index in [-0.39, 0.29) is 19.1 Å². The Bertz CT molecular complexity index is 638. The Labute approximate surface area is 122 Å². The Kier molecular flexibility index (Phi) is 3.77. The standard InChI is InChI=1S/C15H16N2O4/c1-2-14-16-7-10(20-14)8-17-15(18)13-9-19-11-5-3-4-6-12(11)21-13/h3-7,13H,2,8-9H2,1H3,(H,17,18). The zero-order chi connectivity index (χ0) is 14.7. The lowest BCUT2D eigenvalue weighted by atomic mass is 10.2. The predicted molar refractivity (Wildman–Crippen MR) is 74.1 cm³/mol. The van der Waals surface area contributed by atoms with E-state index in [1.165, 1.54) is 0 Å². The van der Waals surface area contributed by atoms with E-state index in [1.807, 2.05) is 25.1 Å². The van der Waals surface area contributed by atoms with Crippen LogP contribution in [0, 0.1) is 0 Å². The lowest BCUT2D eigenvalue weighted by Crippen LogP contribution is -2.43. The summed E-state index contributed by atoms with van der Waals surface area (Å²) in [7, 11) is 0. The smallest absolute Gasteiger partial charge is 0.265 e. The number of oxazole rings is 1. The summed E-state index contributed by atoms with van der Waals surface area (Å²) in [4.78, 5) is 16.2. The Morgan fingerprint density at radius 1 is 1.38 bits per heavy atom. The number of benzene rings is 1. The van der Waals surface area contributed by atoms with E-state index < -0.39 is 6.10 Å². The van der Waals surface area contributed by atoms with Gasteiger partial charge in [-0.15, -0.1) is 0 Å². The zero-order valence-corrected chi connectivity index (χ0v) is 11.7. The highest BCUT2D eigenvalue weighted by Gasteiger charge is 2.27. The quantitative estimate of drug-likeness (QED) is 0.926. The van der Waals surface area contributed by atoms with Crippen molar-refractivity contribution in [1.29, 1.82) is 0 Å². The minimum Gasteiger partial charge on any atom is -0.485 e. The lowest BCUT2D eigenvalue weighted by Gasteiger charge is -2.25. The second kappa shape index (κ2) is 5.87. The number of nitrogens with one attached hydrogen (secondary N) is 1. The van der Waals surface area contributed by atoms with E-state index in [0.29, 0.717) is 23.1 Å². The van der Waals surface area contributed by atoms with Gasteiger partial charge in [0.1, 0.15) is 12.4 Å². The van der Waals surface area contributed by atoms with Crippen LogP contribution in [0.4, 0.5) is 0 Å². The van der Waals surface area contributed by atoms with Crippen LogP contribution in [0.3, 0.4) is 0 Å². The number of rotatable bonds is 4. The van der Waals surface area contributed by atoms with E-state index in [9.17, 15) is 4.79 Å². The van der Waals surface area contributed by atoms with Crippen molar-refractivity contribution < 1.29 is 18.7 Å². The topological polar surface area (TPSA) is 73.6 Å². The summed E-state index contributed by atoms with van der Waals surface area (Å²) in [5.74, 6) is 2.28. The van der Waals surface area contributed by atoms with Crippen molar-refractivity contribution in [1.82, 2.24) is 10.3 Å². The Hall–Kier alpha value is -2.50. The summed E-state index contributed by atoms with van der Waals surface area (Å²) in [6.45, 7) is 2.44. The molecule has 0 saturated carbocycles. The van der Waals surface area contributed by atoms with Gasteiger partial charge in [0.2, 0.25) is 6.10 Å². The first kappa shape index (κ1) is 13.5. The number of carbonyl (C=O) groups excluding carboxylic acids is 1. The van der Waals surface area contributed by atoms with Crippen LogP contribution in [0.2, 0.25) is 0 Å². The van der Waals surface area contributed by atoms with Gasteiger partial charge in [0.15, 0.2) is 17.4 Å². The molecule has 1 aromatic heterocycles. The van der Waals surface area contributed by atoms with E-state index in [1.54, 1.807) is 12.3 Å². The van der Waals surface area contributed by atoms with Gasteiger partial charge in [0, 0.05) is 6.42 Å². The summed E-state index contributed by atoms with van der Waals surface area (Å²) in [6.07, 6.45) is 1.69. The average Bonchev–Trinajstić information content (AvgIpc) is 3.00. The molecule has 0 saturated heterocycles. The molecule has 0 bridgehead atoms. The molecule has 6 nitrogen and oxygen atoms in total. The highest BCUT2D eigenvalue weighted by atomic mass is 16.6. The molecule has 3 rings (SSSR count). The first-order valence-corrected chi connectivity index (χ1v) is 6.86. The predicted octanol–water partition coefficient (Wildman–Crippen LogP) is 1.69. The van der Waals surface area contributed by atoms with Crippen molar-refractivity contribution in [3.8, 4) is 11.5 Å². The third-order valence-corrected chi connectivity index (χ3v) is 3.14. The van der Waals surface area contributed by atoms with Crippen LogP contribution < -0.4 is 14.8 Å². The number of carbonyl (C=O) groups is 1. The Balaban J connectivity index is 1.57. The number of hydrogen-bond acceptors (Lipinski definition) is 5. The molecule has 1 aliphatic heterocycles. The van der Waals surface area contributed by atoms with E-state index >= 15 is 0 Å². The number of amides is 1. The van der Waals surface area contributed by atoms with E-state index in [4.69, 9.17) is 13.9 Å². The molecule has 6 heteroatoms. The molecule has 1 N–H and O–H groups in total. The summed E-state index contributed by atoms with van der Waals surface area (Å²) in [5.41, 5.74) is 0. The molecule has 0 fully saturated rings. The van der Waals surface area contributed by atoms with Crippen LogP contribution in [0.5, 0.6) is 11.5 Å². The van der Waals surface area contributed by atoms with Crippen LogP contribution in [0.15, 0.2) is 34.9 Å². The maximum Gasteiger partial charge on any atom is 0.265 e. The number of nitrogens with zero attached hydrogens (tertiary/aromatic N) is 1. The fourth-order valence-corrected chi connectivity index (χ4v) is 2.03. The van der Waals surface area contributed by atoms with Gasteiger partial charge in [0.05, 0.1) is 12.7 Å². The first-order valence-electron chi connectivity index (χ1n) is 6.86. The fraction of sp³-hybridized carbons (Fsp3) is 0.333. The molecule has 2 aromatic rings. The maximum absolute atomic E-state index is 12.1. The molecule has 1 amide bonds. The van der Waals surface area contributed by atoms with Crippen LogP contribution in [0.25, 0.3) is 0 Å². The second-order valence-corrected chi connectivity index (χ2v) is 4.66. The van der Waals surface area contributed by atoms with Crippen molar-refractivity contribution in [2.24, 2.45) is 0 Å². The molecule has 1 unspecified atom stereocenters. The van der Waals surface area contributed by atoms with Crippen LogP contribution >= 0.6 is 0 Å². The molecule has 2 heterocycles. The molecule has 1 aliphatic rings. The van der Waals surface area contributed by atoms with Gasteiger partial charge in [-0.3, -0.25) is 4.79 Å². The van der Waals surface area contributed by atoms with Gasteiger partial charge >= 0.3 is 0 Å². The highest BCUT2D eigenvalue weighted by Crippen LogP contribution is 2.30. The lowest BCUT2D eigenvalue weighted by molar-refractivity contribution is -0.130. The van der Waals surface area contributed by atoms with Gasteiger partial charge in [-0.1, -0.05) is 19.1 Å². The number of fused-ring (bicyclic) bond motifs is 1. The molecule has 1 aromatic carbocycles. The largest absolute Gasteiger partial charge is 0.485 e. The van der Waals surface area contributed by atoms with Crippen LogP contribution in [0.1, 0.15) is 18.6 Å². The van der Waals surface area contributed by atoms with Gasteiger partial charge in [-0.05, 0) is 12.1 Å². The van der Waals surface area contributed by atoms with Crippen molar-refractivity contribution >= 4 is 5.91 Å². The van der Waals surface area contributed by atoms with Crippen molar-refractivity contribution in [2.45, 2.75) is 26.0 Å². The third-order valence-electron chi connectivity index (χ3n) is 3.14. The first-order chi connectivity index (χ1) is 10.3. The summed E-state index contributed by atoms with van der Waals surface area (Å²) in [5, 5.41) is 2.76. The number of ether oxygens (including phenoxy) is 2. The van der Waals surface area contributed by atoms with Crippen LogP contribution in [-0.4, -0.2) is 23.6 Å². The van der Waals surface area contributed by atoms with Crippen LogP contribution in [-0.2, 0) is 17.8 Å². The van der Waals surface area contributed by atoms with E-state index in [2.05, 4.69) is 10.3 Å². The molecule has 0 radical (unpaired) electrons. The molecular formula is C15H16N2O4. The van der Waals surface area contributed by atoms with Gasteiger partial charge in [0.25, 0.3) is 5.91 Å². The van der Waals surface area contributed by atoms with Crippen molar-refractivity contribution in [2.75, 3.05) is 6.61 Å². The van der Waals surface area contributed by atoms with Gasteiger partial charge in [-0.2, -0.15) is 0 Å². The summed E-state index contributed by atoms with van der Waals surface area (Å²) < 4.78 is 16.6. The monoisotopic (exact) mass is 288 g/mol. The number of aromatic nitrogens is 1. The molecule has 1 atom stereocenters. The molecule has 0 aliphatic carbocycles. The molecular weight excluding hydrogens is 272 g/mol. The zero-order valence-electron chi connectivity index (χ0n) is 11.7. The van der Waals surface area contributed by atoms with Crippen molar-refractivity contribution in [3.05, 3.63) is 42.1 Å². The van der Waals surface area contributed by atoms with Gasteiger partial charge < -0.3 is 19.2 Å². The normalized spacial score (nSPS) is 16.5. The summed E-state index contributed by atoms with van der Waals surface area (Å²) >= 11 is 0. The number of aryl methyl sites for hydroxylation is 1. The fourth-order valence-electron chi connectivity index (χ4n) is 2.03. The minimum atomic E-state index is -0.659. The third kappa shape index (κ3) is 2.99. The maximum atomic E-state index is 12.1. The Morgan fingerprint density at radius 2 is 2.19 bits per heavy atom. The second-order valence-electron chi connectivity index (χ2n) is 4.66. The number of para-hydroxylation sites is 2. The van der Waals surface area contributed by atoms with E-state index in [0.717, 1.165) is 6.42 Å². The minimum absolute atomic E-state index is 0.194. The molecule has 21 heavy (non-hydrogen) atoms. The molecule has 110 valence electrons. The highest BCUT2D eigenvalue weighted by molar-refractivity contribution is 5.81. The Morgan fingerprint density at radius 3 is 2.95 bits per heavy atom. The number of hydrogen-bond donors (Lipinski definition) is 1. The summed E-state index contributed by atoms with van der Waals surface area (Å²) in [6, 6.07) is 7.28. The average molecular weight is 288 g/mol. The van der Waals surface area contributed by atoms with Crippen molar-refractivity contribution in [3.63, 3.8) is 0 Å².